The summed E-state index contributed by atoms with van der Waals surface area (Å²) in [6.07, 6.45) is 5.57. The monoisotopic (exact) mass is 627 g/mol. The number of aryl methyl sites for hydroxylation is 3. The molecule has 228 valence electrons. The highest BCUT2D eigenvalue weighted by atomic mass is 32.2. The molecule has 1 aromatic heterocycles. The van der Waals surface area contributed by atoms with Gasteiger partial charge in [-0.25, -0.2) is 13.0 Å². The Morgan fingerprint density at radius 1 is 0.884 bits per heavy atom. The summed E-state index contributed by atoms with van der Waals surface area (Å²) in [4.78, 5) is -0.244. The van der Waals surface area contributed by atoms with E-state index >= 15 is 0 Å². The van der Waals surface area contributed by atoms with Crippen molar-refractivity contribution in [1.82, 2.24) is 0 Å². The van der Waals surface area contributed by atoms with Crippen molar-refractivity contribution in [3.05, 3.63) is 120 Å². The van der Waals surface area contributed by atoms with Crippen molar-refractivity contribution in [2.75, 3.05) is 0 Å². The Morgan fingerprint density at radius 3 is 1.88 bits per heavy atom. The Kier molecular flexibility index (Phi) is 13.0. The minimum absolute atomic E-state index is 0.0666. The van der Waals surface area contributed by atoms with Crippen molar-refractivity contribution in [3.63, 3.8) is 0 Å². The Bertz CT molecular complexity index is 1660. The molecule has 0 aliphatic carbocycles. The molecule has 3 aromatic carbocycles. The van der Waals surface area contributed by atoms with Crippen molar-refractivity contribution in [2.45, 2.75) is 30.2 Å². The molecule has 12 nitrogen and oxygen atoms in total. The molecular formula is C29H33N5O7S2. The minimum Gasteiger partial charge on any atom is -0.744 e. The second-order valence-corrected chi connectivity index (χ2v) is 11.9. The summed E-state index contributed by atoms with van der Waals surface area (Å²) in [6.45, 7) is 4.19. The lowest BCUT2D eigenvalue weighted by Crippen LogP contribution is -2.27. The topological polar surface area (TPSA) is 201 Å². The molecule has 0 saturated carbocycles. The lowest BCUT2D eigenvalue weighted by molar-refractivity contribution is -0.672. The first-order valence-corrected chi connectivity index (χ1v) is 15.3. The number of nitrogens with zero attached hydrogens (tertiary/aromatic N) is 3. The third-order valence-electron chi connectivity index (χ3n) is 5.30. The number of rotatable bonds is 7. The summed E-state index contributed by atoms with van der Waals surface area (Å²) in [6, 6.07) is 23.3. The van der Waals surface area contributed by atoms with Crippen LogP contribution in [-0.2, 0) is 33.9 Å². The molecule has 0 saturated heterocycles. The molecule has 0 aliphatic heterocycles. The Balaban J connectivity index is 0.000000247. The zero-order chi connectivity index (χ0) is 32.0. The molecule has 4 aromatic rings. The van der Waals surface area contributed by atoms with E-state index in [0.29, 0.717) is 6.61 Å². The van der Waals surface area contributed by atoms with Gasteiger partial charge in [-0.3, -0.25) is 4.55 Å². The van der Waals surface area contributed by atoms with Crippen LogP contribution in [0.15, 0.2) is 117 Å². The average Bonchev–Trinajstić information content (AvgIpc) is 2.93. The number of pyridine rings is 1. The van der Waals surface area contributed by atoms with E-state index in [-0.39, 0.29) is 15.8 Å². The first kappa shape index (κ1) is 34.6. The maximum atomic E-state index is 10.5. The first-order valence-electron chi connectivity index (χ1n) is 12.5. The first-order chi connectivity index (χ1) is 20.1. The fourth-order valence-corrected chi connectivity index (χ4v) is 4.08. The van der Waals surface area contributed by atoms with Crippen LogP contribution in [0.4, 0.5) is 0 Å². The van der Waals surface area contributed by atoms with E-state index in [0.717, 1.165) is 28.0 Å². The van der Waals surface area contributed by atoms with Gasteiger partial charge in [-0.05, 0) is 74.0 Å². The van der Waals surface area contributed by atoms with E-state index in [1.807, 2.05) is 74.3 Å². The van der Waals surface area contributed by atoms with E-state index in [4.69, 9.17) is 20.8 Å². The third kappa shape index (κ3) is 13.7. The van der Waals surface area contributed by atoms with Crippen LogP contribution in [0.5, 0.6) is 5.75 Å². The molecule has 0 bridgehead atoms. The van der Waals surface area contributed by atoms with Gasteiger partial charge in [-0.1, -0.05) is 35.4 Å². The predicted octanol–water partition coefficient (Wildman–Crippen LogP) is 2.84. The third-order valence-corrected chi connectivity index (χ3v) is 7.01. The Labute approximate surface area is 251 Å². The van der Waals surface area contributed by atoms with Gasteiger partial charge >= 0.3 is 0 Å². The maximum absolute atomic E-state index is 10.5. The number of nitrogens with two attached hydrogens (primary N) is 2. The molecule has 5 N–H and O–H groups in total. The molecule has 14 heteroatoms. The minimum atomic E-state index is -4.27. The molecule has 43 heavy (non-hydrogen) atoms. The fraction of sp³-hybridized carbons (Fsp3) is 0.138. The second kappa shape index (κ2) is 16.1. The highest BCUT2D eigenvalue weighted by Crippen LogP contribution is 2.13. The molecule has 0 atom stereocenters. The number of hydrogen-bond donors (Lipinski definition) is 3. The summed E-state index contributed by atoms with van der Waals surface area (Å²) in [5.74, 6) is 0.725. The van der Waals surface area contributed by atoms with Gasteiger partial charge in [-0.15, -0.1) is 5.10 Å². The standard InChI is InChI=1S/C15H18N5O.2C7H8O3S/c1-20-8-2-3-13(10-20)11-21-14-6-4-12(5-7-14)9-18-19-15(16)17;2*1-6-2-4-7(5-3-6)11(8,9)10/h2-10H,11H2,1H3,(H4,16,17,19);2*2-5H,1H3,(H,8,9,10)/q+1;;/p-1/b18-9+;;. The quantitative estimate of drug-likeness (QED) is 0.0905. The molecule has 0 spiro atoms. The highest BCUT2D eigenvalue weighted by molar-refractivity contribution is 7.86. The van der Waals surface area contributed by atoms with Gasteiger partial charge in [0.2, 0.25) is 5.96 Å². The summed E-state index contributed by atoms with van der Waals surface area (Å²) >= 11 is 0. The van der Waals surface area contributed by atoms with Gasteiger partial charge < -0.3 is 20.8 Å². The van der Waals surface area contributed by atoms with E-state index in [1.54, 1.807) is 30.5 Å². The average molecular weight is 628 g/mol. The Hall–Kier alpha value is -4.63. The van der Waals surface area contributed by atoms with Crippen molar-refractivity contribution in [1.29, 1.82) is 0 Å². The smallest absolute Gasteiger partial charge is 0.294 e. The lowest BCUT2D eigenvalue weighted by atomic mass is 10.2. The molecule has 0 amide bonds. The second-order valence-electron chi connectivity index (χ2n) is 9.06. The Morgan fingerprint density at radius 2 is 1.42 bits per heavy atom. The van der Waals surface area contributed by atoms with Crippen molar-refractivity contribution >= 4 is 32.4 Å². The van der Waals surface area contributed by atoms with Crippen LogP contribution in [0, 0.1) is 13.8 Å². The summed E-state index contributed by atoms with van der Waals surface area (Å²) in [5.41, 5.74) is 14.2. The van der Waals surface area contributed by atoms with Gasteiger partial charge in [0.1, 0.15) is 29.5 Å². The van der Waals surface area contributed by atoms with Crippen molar-refractivity contribution in [3.8, 4) is 5.75 Å². The zero-order valence-corrected chi connectivity index (χ0v) is 25.4. The van der Waals surface area contributed by atoms with Gasteiger partial charge in [0.25, 0.3) is 10.1 Å². The van der Waals surface area contributed by atoms with E-state index in [9.17, 15) is 21.4 Å². The van der Waals surface area contributed by atoms with Crippen molar-refractivity contribution < 1.29 is 35.2 Å². The van der Waals surface area contributed by atoms with E-state index in [2.05, 4.69) is 10.2 Å². The fourth-order valence-electron chi connectivity index (χ4n) is 3.13. The summed E-state index contributed by atoms with van der Waals surface area (Å²) in [7, 11) is -6.31. The van der Waals surface area contributed by atoms with Crippen LogP contribution in [-0.4, -0.2) is 38.1 Å². The van der Waals surface area contributed by atoms with E-state index in [1.165, 1.54) is 24.3 Å². The number of benzene rings is 3. The number of guanidine groups is 1. The van der Waals surface area contributed by atoms with Gasteiger partial charge in [0.05, 0.1) is 21.6 Å². The predicted molar refractivity (Wildman–Crippen MR) is 162 cm³/mol. The van der Waals surface area contributed by atoms with E-state index < -0.39 is 20.2 Å². The van der Waals surface area contributed by atoms with Crippen LogP contribution in [0.3, 0.4) is 0 Å². The van der Waals surface area contributed by atoms with Crippen LogP contribution < -0.4 is 20.8 Å². The molecule has 0 fully saturated rings. The molecule has 0 radical (unpaired) electrons. The van der Waals surface area contributed by atoms with Crippen LogP contribution in [0.1, 0.15) is 22.3 Å². The molecular weight excluding hydrogens is 594 g/mol. The molecule has 4 rings (SSSR count). The van der Waals surface area contributed by atoms with Crippen molar-refractivity contribution in [2.24, 2.45) is 28.7 Å². The largest absolute Gasteiger partial charge is 0.744 e. The zero-order valence-electron chi connectivity index (χ0n) is 23.7. The number of aromatic nitrogens is 1. The van der Waals surface area contributed by atoms with Crippen LogP contribution in [0.2, 0.25) is 0 Å². The SMILES string of the molecule is C[n+]1cccc(COc2ccc(/C=N/N=C(N)N)cc2)c1.Cc1ccc(S(=O)(=O)O)cc1.Cc1ccc(S(=O)(=O)[O-])cc1. The lowest BCUT2D eigenvalue weighted by Gasteiger charge is -2.05. The highest BCUT2D eigenvalue weighted by Gasteiger charge is 2.07. The number of ether oxygens (including phenoxy) is 1. The number of hydrogen-bond acceptors (Lipinski definition) is 8. The summed E-state index contributed by atoms with van der Waals surface area (Å²) < 4.78 is 68.4. The molecule has 0 unspecified atom stereocenters. The summed E-state index contributed by atoms with van der Waals surface area (Å²) in [5, 5.41) is 7.28. The normalized spacial score (nSPS) is 11.0. The van der Waals surface area contributed by atoms with Crippen LogP contribution in [0.25, 0.3) is 0 Å². The maximum Gasteiger partial charge on any atom is 0.294 e. The molecule has 1 heterocycles. The van der Waals surface area contributed by atoms with Gasteiger partial charge in [-0.2, -0.15) is 13.5 Å². The van der Waals surface area contributed by atoms with Crippen LogP contribution >= 0.6 is 0 Å². The van der Waals surface area contributed by atoms with Gasteiger partial charge in [0, 0.05) is 6.07 Å². The van der Waals surface area contributed by atoms with Gasteiger partial charge in [0.15, 0.2) is 12.4 Å². The molecule has 0 aliphatic rings.